The quantitative estimate of drug-likeness (QED) is 0.272. The van der Waals surface area contributed by atoms with Crippen LogP contribution < -0.4 is 0 Å². The topological polar surface area (TPSA) is 113 Å². The predicted molar refractivity (Wildman–Crippen MR) is 89.6 cm³/mol. The Morgan fingerprint density at radius 1 is 1.24 bits per heavy atom. The second-order valence-corrected chi connectivity index (χ2v) is 7.27. The zero-order chi connectivity index (χ0) is 17.9. The van der Waals surface area contributed by atoms with Crippen molar-refractivity contribution in [3.63, 3.8) is 0 Å². The molecule has 2 aliphatic carbocycles. The second-order valence-electron chi connectivity index (χ2n) is 6.35. The second kappa shape index (κ2) is 5.48. The van der Waals surface area contributed by atoms with Gasteiger partial charge >= 0.3 is 5.69 Å². The summed E-state index contributed by atoms with van der Waals surface area (Å²) < 4.78 is 0.372. The van der Waals surface area contributed by atoms with Crippen molar-refractivity contribution in [2.24, 2.45) is 28.8 Å². The minimum atomic E-state index is -0.725. The fourth-order valence-corrected chi connectivity index (χ4v) is 4.43. The van der Waals surface area contributed by atoms with Crippen molar-refractivity contribution >= 4 is 39.6 Å². The number of benzene rings is 1. The first kappa shape index (κ1) is 15.9. The molecule has 2 fully saturated rings. The van der Waals surface area contributed by atoms with Crippen LogP contribution in [-0.4, -0.2) is 33.1 Å². The summed E-state index contributed by atoms with van der Waals surface area (Å²) in [5, 5.41) is 25.7. The van der Waals surface area contributed by atoms with Crippen molar-refractivity contribution in [2.75, 3.05) is 0 Å². The molecule has 1 N–H and O–H groups in total. The average Bonchev–Trinajstić information content (AvgIpc) is 3.23. The van der Waals surface area contributed by atoms with Gasteiger partial charge in [-0.15, -0.1) is 0 Å². The first-order valence-electron chi connectivity index (χ1n) is 7.65. The first-order valence-corrected chi connectivity index (χ1v) is 8.45. The van der Waals surface area contributed by atoms with E-state index in [4.69, 9.17) is 0 Å². The number of phenolic OH excluding ortho intramolecular Hbond substituents is 1. The SMILES string of the molecule is O=C1[C@@H]2[C@H](C(=O)N1N=Cc1cc(Br)cc([N+](=O)[O-])c1O)[C@H]1C=C[C@H]2C1. The Morgan fingerprint density at radius 2 is 1.84 bits per heavy atom. The number of hydrazone groups is 1. The Hall–Kier alpha value is -2.55. The van der Waals surface area contributed by atoms with Crippen molar-refractivity contribution < 1.29 is 19.6 Å². The number of allylic oxidation sites excluding steroid dienone is 2. The number of fused-ring (bicyclic) bond motifs is 5. The summed E-state index contributed by atoms with van der Waals surface area (Å²) in [5.74, 6) is -1.87. The lowest BCUT2D eigenvalue weighted by atomic mass is 9.85. The van der Waals surface area contributed by atoms with Crippen LogP contribution in [0.5, 0.6) is 5.75 Å². The van der Waals surface area contributed by atoms with Gasteiger partial charge in [0.05, 0.1) is 23.0 Å². The number of nitro groups is 1. The highest BCUT2D eigenvalue weighted by atomic mass is 79.9. The van der Waals surface area contributed by atoms with E-state index in [9.17, 15) is 24.8 Å². The van der Waals surface area contributed by atoms with Gasteiger partial charge in [-0.2, -0.15) is 10.1 Å². The lowest BCUT2D eigenvalue weighted by molar-refractivity contribution is -0.385. The van der Waals surface area contributed by atoms with Gasteiger partial charge < -0.3 is 5.11 Å². The fourth-order valence-electron chi connectivity index (χ4n) is 3.96. The van der Waals surface area contributed by atoms with Crippen molar-refractivity contribution in [1.29, 1.82) is 0 Å². The summed E-state index contributed by atoms with van der Waals surface area (Å²) in [6, 6.07) is 2.58. The maximum atomic E-state index is 12.5. The van der Waals surface area contributed by atoms with Crippen LogP contribution in [0.3, 0.4) is 0 Å². The normalized spacial score (nSPS) is 29.9. The molecule has 0 aromatic heterocycles. The Bertz CT molecular complexity index is 851. The standard InChI is InChI=1S/C16H12BrN3O5/c17-10-4-9(14(21)11(5-10)20(24)25)6-18-19-15(22)12-7-1-2-8(3-7)13(12)16(19)23/h1-2,4-8,12-13,21H,3H2/t7-,8-,12-,13+/m0/s1. The summed E-state index contributed by atoms with van der Waals surface area (Å²) in [5.41, 5.74) is -0.450. The number of amides is 2. The Morgan fingerprint density at radius 3 is 2.40 bits per heavy atom. The first-order chi connectivity index (χ1) is 11.9. The van der Waals surface area contributed by atoms with Crippen LogP contribution >= 0.6 is 15.9 Å². The molecule has 4 rings (SSSR count). The lowest BCUT2D eigenvalue weighted by Gasteiger charge is -2.13. The molecule has 1 aromatic carbocycles. The number of nitrogens with zero attached hydrogens (tertiary/aromatic N) is 3. The molecule has 1 heterocycles. The van der Waals surface area contributed by atoms with Gasteiger partial charge in [0.1, 0.15) is 0 Å². The van der Waals surface area contributed by atoms with Gasteiger partial charge in [-0.05, 0) is 24.3 Å². The molecule has 1 aliphatic heterocycles. The number of phenols is 1. The molecule has 1 aromatic rings. The number of halogens is 1. The van der Waals surface area contributed by atoms with E-state index in [1.54, 1.807) is 0 Å². The number of hydrogen-bond acceptors (Lipinski definition) is 6. The molecule has 1 saturated carbocycles. The highest BCUT2D eigenvalue weighted by molar-refractivity contribution is 9.10. The molecule has 8 nitrogen and oxygen atoms in total. The van der Waals surface area contributed by atoms with Crippen LogP contribution in [0.15, 0.2) is 33.9 Å². The van der Waals surface area contributed by atoms with Gasteiger partial charge in [-0.3, -0.25) is 19.7 Å². The molecule has 3 aliphatic rings. The van der Waals surface area contributed by atoms with Crippen molar-refractivity contribution in [2.45, 2.75) is 6.42 Å². The summed E-state index contributed by atoms with van der Waals surface area (Å²) in [4.78, 5) is 35.3. The third-order valence-corrected chi connectivity index (χ3v) is 5.50. The molecule has 128 valence electrons. The maximum Gasteiger partial charge on any atom is 0.312 e. The number of hydrogen-bond donors (Lipinski definition) is 1. The van der Waals surface area contributed by atoms with Crippen LogP contribution in [-0.2, 0) is 9.59 Å². The summed E-state index contributed by atoms with van der Waals surface area (Å²) in [6.07, 6.45) is 5.88. The van der Waals surface area contributed by atoms with Gasteiger partial charge in [0.2, 0.25) is 5.75 Å². The maximum absolute atomic E-state index is 12.5. The van der Waals surface area contributed by atoms with Crippen LogP contribution in [0.4, 0.5) is 5.69 Å². The van der Waals surface area contributed by atoms with Gasteiger partial charge in [0, 0.05) is 16.1 Å². The molecule has 2 amide bonds. The molecule has 9 heteroatoms. The van der Waals surface area contributed by atoms with Gasteiger partial charge in [0.25, 0.3) is 11.8 Å². The number of aromatic hydroxyl groups is 1. The fraction of sp³-hybridized carbons (Fsp3) is 0.312. The molecule has 0 spiro atoms. The van der Waals surface area contributed by atoms with Crippen molar-refractivity contribution in [1.82, 2.24) is 5.01 Å². The van der Waals surface area contributed by atoms with Crippen molar-refractivity contribution in [3.8, 4) is 5.75 Å². The molecule has 1 saturated heterocycles. The third-order valence-electron chi connectivity index (χ3n) is 5.04. The molecule has 0 unspecified atom stereocenters. The average molecular weight is 406 g/mol. The Balaban J connectivity index is 1.64. The van der Waals surface area contributed by atoms with E-state index in [2.05, 4.69) is 21.0 Å². The monoisotopic (exact) mass is 405 g/mol. The van der Waals surface area contributed by atoms with E-state index >= 15 is 0 Å². The predicted octanol–water partition coefficient (Wildman–Crippen LogP) is 2.20. The Kier molecular flexibility index (Phi) is 3.50. The van der Waals surface area contributed by atoms with E-state index < -0.39 is 16.4 Å². The number of nitro benzene ring substituents is 1. The Labute approximate surface area is 150 Å². The van der Waals surface area contributed by atoms with Gasteiger partial charge in [-0.25, -0.2) is 0 Å². The molecule has 0 radical (unpaired) electrons. The minimum Gasteiger partial charge on any atom is -0.502 e. The number of rotatable bonds is 3. The van der Waals surface area contributed by atoms with E-state index in [0.717, 1.165) is 23.7 Å². The van der Waals surface area contributed by atoms with Crippen LogP contribution in [0.2, 0.25) is 0 Å². The highest BCUT2D eigenvalue weighted by Crippen LogP contribution is 2.52. The third kappa shape index (κ3) is 2.30. The van der Waals surface area contributed by atoms with E-state index in [0.29, 0.717) is 4.47 Å². The van der Waals surface area contributed by atoms with Gasteiger partial charge in [-0.1, -0.05) is 28.1 Å². The highest BCUT2D eigenvalue weighted by Gasteiger charge is 2.59. The van der Waals surface area contributed by atoms with Gasteiger partial charge in [0.15, 0.2) is 0 Å². The molecular formula is C16H12BrN3O5. The molecule has 25 heavy (non-hydrogen) atoms. The number of carbonyl (C=O) groups excluding carboxylic acids is 2. The minimum absolute atomic E-state index is 0.0415. The largest absolute Gasteiger partial charge is 0.502 e. The zero-order valence-corrected chi connectivity index (χ0v) is 14.3. The summed E-state index contributed by atoms with van der Waals surface area (Å²) >= 11 is 3.12. The molecule has 4 atom stereocenters. The van der Waals surface area contributed by atoms with E-state index in [-0.39, 0.29) is 41.0 Å². The van der Waals surface area contributed by atoms with Crippen LogP contribution in [0, 0.1) is 33.8 Å². The lowest BCUT2D eigenvalue weighted by Crippen LogP contribution is -2.28. The molecular weight excluding hydrogens is 394 g/mol. The number of carbonyl (C=O) groups is 2. The summed E-state index contributed by atoms with van der Waals surface area (Å²) in [6.45, 7) is 0. The van der Waals surface area contributed by atoms with Crippen LogP contribution in [0.25, 0.3) is 0 Å². The number of imide groups is 1. The molecule has 2 bridgehead atoms. The van der Waals surface area contributed by atoms with Crippen LogP contribution in [0.1, 0.15) is 12.0 Å². The van der Waals surface area contributed by atoms with Crippen molar-refractivity contribution in [3.05, 3.63) is 44.4 Å². The van der Waals surface area contributed by atoms with E-state index in [1.165, 1.54) is 6.07 Å². The zero-order valence-electron chi connectivity index (χ0n) is 12.7. The summed E-state index contributed by atoms with van der Waals surface area (Å²) in [7, 11) is 0. The van der Waals surface area contributed by atoms with E-state index in [1.807, 2.05) is 12.2 Å². The smallest absolute Gasteiger partial charge is 0.312 e.